The number of nitrogens with zero attached hydrogens (tertiary/aromatic N) is 1. The third-order valence-corrected chi connectivity index (χ3v) is 6.34. The standard InChI is InChI=1S/C27H28ClNO6/c1-5-11-34-20-9-8-17(14-22(20)33-6-2)24-23-25(30)18-15-19(28)16(3)13-21(18)35-26(23)27(31)29(24)10-7-12-32-4/h5,8-9,13-15,24H,1,6-7,10-12H2,2-4H3. The molecular weight excluding hydrogens is 470 g/mol. The Morgan fingerprint density at radius 2 is 1.97 bits per heavy atom. The Morgan fingerprint density at radius 1 is 1.17 bits per heavy atom. The first-order valence-electron chi connectivity index (χ1n) is 11.5. The van der Waals surface area contributed by atoms with E-state index >= 15 is 0 Å². The van der Waals surface area contributed by atoms with Crippen LogP contribution in [0.25, 0.3) is 11.0 Å². The van der Waals surface area contributed by atoms with E-state index in [0.717, 1.165) is 5.56 Å². The highest BCUT2D eigenvalue weighted by Gasteiger charge is 2.42. The Hall–Kier alpha value is -3.29. The van der Waals surface area contributed by atoms with Crippen molar-refractivity contribution in [1.29, 1.82) is 0 Å². The van der Waals surface area contributed by atoms with Crippen molar-refractivity contribution in [3.63, 3.8) is 0 Å². The molecule has 1 aromatic heterocycles. The number of halogens is 1. The molecule has 7 nitrogen and oxygen atoms in total. The van der Waals surface area contributed by atoms with Crippen molar-refractivity contribution >= 4 is 28.5 Å². The number of carbonyl (C=O) groups excluding carboxylic acids is 1. The van der Waals surface area contributed by atoms with E-state index in [4.69, 9.17) is 30.2 Å². The van der Waals surface area contributed by atoms with Crippen LogP contribution in [0.2, 0.25) is 5.02 Å². The minimum absolute atomic E-state index is 0.0524. The summed E-state index contributed by atoms with van der Waals surface area (Å²) < 4.78 is 22.8. The normalized spacial score (nSPS) is 14.9. The summed E-state index contributed by atoms with van der Waals surface area (Å²) in [5, 5.41) is 0.803. The number of fused-ring (bicyclic) bond motifs is 2. The van der Waals surface area contributed by atoms with Crippen molar-refractivity contribution in [2.45, 2.75) is 26.3 Å². The summed E-state index contributed by atoms with van der Waals surface area (Å²) in [6, 6.07) is 8.07. The summed E-state index contributed by atoms with van der Waals surface area (Å²) in [6.07, 6.45) is 2.25. The predicted octanol–water partition coefficient (Wildman–Crippen LogP) is 5.30. The molecule has 2 aromatic carbocycles. The minimum atomic E-state index is -0.650. The smallest absolute Gasteiger partial charge is 0.290 e. The van der Waals surface area contributed by atoms with Crippen LogP contribution in [0.3, 0.4) is 0 Å². The zero-order chi connectivity index (χ0) is 25.1. The van der Waals surface area contributed by atoms with Crippen LogP contribution < -0.4 is 14.9 Å². The first-order chi connectivity index (χ1) is 16.9. The lowest BCUT2D eigenvalue weighted by atomic mass is 9.97. The van der Waals surface area contributed by atoms with Gasteiger partial charge in [0.15, 0.2) is 16.9 Å². The molecule has 0 bridgehead atoms. The number of aryl methyl sites for hydroxylation is 1. The second kappa shape index (κ2) is 10.5. The van der Waals surface area contributed by atoms with Crippen LogP contribution in [0.15, 0.2) is 52.2 Å². The number of carbonyl (C=O) groups is 1. The summed E-state index contributed by atoms with van der Waals surface area (Å²) in [6.45, 7) is 8.99. The first-order valence-corrected chi connectivity index (χ1v) is 11.9. The number of amides is 1. The quantitative estimate of drug-likeness (QED) is 0.279. The van der Waals surface area contributed by atoms with Crippen LogP contribution in [0.5, 0.6) is 11.5 Å². The van der Waals surface area contributed by atoms with Crippen molar-refractivity contribution in [2.75, 3.05) is 33.5 Å². The lowest BCUT2D eigenvalue weighted by molar-refractivity contribution is 0.0707. The molecule has 4 rings (SSSR count). The fourth-order valence-electron chi connectivity index (χ4n) is 4.33. The Labute approximate surface area is 208 Å². The van der Waals surface area contributed by atoms with E-state index in [1.807, 2.05) is 26.0 Å². The molecule has 0 fully saturated rings. The number of benzene rings is 2. The average molecular weight is 498 g/mol. The predicted molar refractivity (Wildman–Crippen MR) is 135 cm³/mol. The van der Waals surface area contributed by atoms with Crippen LogP contribution in [0, 0.1) is 6.92 Å². The average Bonchev–Trinajstić information content (AvgIpc) is 3.12. The molecule has 35 heavy (non-hydrogen) atoms. The molecule has 1 aliphatic heterocycles. The third-order valence-electron chi connectivity index (χ3n) is 5.93. The van der Waals surface area contributed by atoms with Gasteiger partial charge in [-0.15, -0.1) is 0 Å². The molecule has 8 heteroatoms. The van der Waals surface area contributed by atoms with E-state index in [0.29, 0.717) is 71.4 Å². The topological polar surface area (TPSA) is 78.2 Å². The van der Waals surface area contributed by atoms with E-state index in [2.05, 4.69) is 6.58 Å². The lowest BCUT2D eigenvalue weighted by Gasteiger charge is -2.26. The maximum absolute atomic E-state index is 13.7. The first kappa shape index (κ1) is 24.8. The molecule has 184 valence electrons. The molecular formula is C27H28ClNO6. The van der Waals surface area contributed by atoms with Gasteiger partial charge in [0, 0.05) is 25.3 Å². The third kappa shape index (κ3) is 4.66. The fourth-order valence-corrected chi connectivity index (χ4v) is 4.49. The van der Waals surface area contributed by atoms with Crippen LogP contribution in [0.4, 0.5) is 0 Å². The monoisotopic (exact) mass is 497 g/mol. The van der Waals surface area contributed by atoms with Gasteiger partial charge in [-0.3, -0.25) is 9.59 Å². The van der Waals surface area contributed by atoms with Gasteiger partial charge in [0.1, 0.15) is 12.2 Å². The summed E-state index contributed by atoms with van der Waals surface area (Å²) in [5.41, 5.74) is 1.83. The highest BCUT2D eigenvalue weighted by atomic mass is 35.5. The Bertz CT molecular complexity index is 1330. The molecule has 2 heterocycles. The van der Waals surface area contributed by atoms with Gasteiger partial charge in [-0.25, -0.2) is 0 Å². The molecule has 1 aliphatic rings. The van der Waals surface area contributed by atoms with E-state index in [1.54, 1.807) is 36.3 Å². The van der Waals surface area contributed by atoms with Gasteiger partial charge in [0.2, 0.25) is 5.76 Å². The van der Waals surface area contributed by atoms with E-state index in [9.17, 15) is 9.59 Å². The lowest BCUT2D eigenvalue weighted by Crippen LogP contribution is -2.31. The van der Waals surface area contributed by atoms with Crippen LogP contribution >= 0.6 is 11.6 Å². The molecule has 0 radical (unpaired) electrons. The molecule has 1 amide bonds. The number of hydrogen-bond acceptors (Lipinski definition) is 6. The van der Waals surface area contributed by atoms with Crippen LogP contribution in [-0.4, -0.2) is 44.3 Å². The number of ether oxygens (including phenoxy) is 3. The van der Waals surface area contributed by atoms with Gasteiger partial charge in [0.25, 0.3) is 5.91 Å². The van der Waals surface area contributed by atoms with E-state index < -0.39 is 6.04 Å². The van der Waals surface area contributed by atoms with Crippen LogP contribution in [0.1, 0.15) is 46.6 Å². The second-order valence-corrected chi connectivity index (χ2v) is 8.67. The fraction of sp³-hybridized carbons (Fsp3) is 0.333. The van der Waals surface area contributed by atoms with Gasteiger partial charge >= 0.3 is 0 Å². The Morgan fingerprint density at radius 3 is 2.69 bits per heavy atom. The van der Waals surface area contributed by atoms with Gasteiger partial charge in [-0.05, 0) is 55.7 Å². The molecule has 1 atom stereocenters. The molecule has 3 aromatic rings. The Kier molecular flexibility index (Phi) is 7.48. The van der Waals surface area contributed by atoms with Crippen molar-refractivity contribution in [3.8, 4) is 11.5 Å². The largest absolute Gasteiger partial charge is 0.490 e. The Balaban J connectivity index is 1.90. The number of methoxy groups -OCH3 is 1. The summed E-state index contributed by atoms with van der Waals surface area (Å²) >= 11 is 6.31. The summed E-state index contributed by atoms with van der Waals surface area (Å²) in [7, 11) is 1.61. The highest BCUT2D eigenvalue weighted by Crippen LogP contribution is 2.41. The van der Waals surface area contributed by atoms with Gasteiger partial charge in [-0.1, -0.05) is 30.3 Å². The second-order valence-electron chi connectivity index (χ2n) is 8.26. The van der Waals surface area contributed by atoms with Crippen molar-refractivity contribution in [1.82, 2.24) is 4.90 Å². The van der Waals surface area contributed by atoms with Crippen molar-refractivity contribution < 1.29 is 23.4 Å². The minimum Gasteiger partial charge on any atom is -0.490 e. The summed E-state index contributed by atoms with van der Waals surface area (Å²) in [4.78, 5) is 28.9. The molecule has 0 spiro atoms. The van der Waals surface area contributed by atoms with Crippen molar-refractivity contribution in [2.24, 2.45) is 0 Å². The molecule has 1 unspecified atom stereocenters. The molecule has 0 saturated heterocycles. The maximum atomic E-state index is 13.7. The van der Waals surface area contributed by atoms with Crippen LogP contribution in [-0.2, 0) is 4.74 Å². The van der Waals surface area contributed by atoms with E-state index in [-0.39, 0.29) is 17.1 Å². The highest BCUT2D eigenvalue weighted by molar-refractivity contribution is 6.32. The molecule has 0 aliphatic carbocycles. The zero-order valence-electron chi connectivity index (χ0n) is 20.1. The SMILES string of the molecule is C=CCOc1ccc(C2c3c(oc4cc(C)c(Cl)cc4c3=O)C(=O)N2CCCOC)cc1OCC. The molecule has 0 N–H and O–H groups in total. The number of rotatable bonds is 10. The van der Waals surface area contributed by atoms with Crippen molar-refractivity contribution in [3.05, 3.63) is 80.7 Å². The van der Waals surface area contributed by atoms with E-state index in [1.165, 1.54) is 0 Å². The number of hydrogen-bond donors (Lipinski definition) is 0. The van der Waals surface area contributed by atoms with Gasteiger partial charge in [-0.2, -0.15) is 0 Å². The molecule has 0 saturated carbocycles. The van der Waals surface area contributed by atoms with Gasteiger partial charge in [0.05, 0.1) is 23.6 Å². The maximum Gasteiger partial charge on any atom is 0.290 e. The van der Waals surface area contributed by atoms with Gasteiger partial charge < -0.3 is 23.5 Å². The zero-order valence-corrected chi connectivity index (χ0v) is 20.8. The summed E-state index contributed by atoms with van der Waals surface area (Å²) in [5.74, 6) is 0.793.